The maximum Gasteiger partial charge on any atom is 0.412 e. The number of hydrogen-bond donors (Lipinski definition) is 2. The Morgan fingerprint density at radius 3 is 2.36 bits per heavy atom. The number of nitrogens with zero attached hydrogens (tertiary/aromatic N) is 2. The molecule has 2 saturated heterocycles. The van der Waals surface area contributed by atoms with E-state index in [4.69, 9.17) is 24.2 Å². The number of carbonyl (C=O) groups is 3. The van der Waals surface area contributed by atoms with Crippen LogP contribution in [-0.4, -0.2) is 63.8 Å². The largest absolute Gasteiger partial charge is 0.492 e. The number of para-hydroxylation sites is 1. The van der Waals surface area contributed by atoms with Crippen LogP contribution in [0.25, 0.3) is 0 Å². The van der Waals surface area contributed by atoms with Gasteiger partial charge in [0.05, 0.1) is 37.3 Å². The molecule has 3 N–H and O–H groups in total. The highest BCUT2D eigenvalue weighted by atomic mass is 32.2. The number of likely N-dealkylation sites (tertiary alicyclic amines) is 1. The number of rotatable bonds is 8. The van der Waals surface area contributed by atoms with Crippen LogP contribution in [0.5, 0.6) is 17.2 Å². The van der Waals surface area contributed by atoms with E-state index in [9.17, 15) is 18.0 Å². The summed E-state index contributed by atoms with van der Waals surface area (Å²) in [6.07, 6.45) is -0.00875. The molecule has 3 aliphatic heterocycles. The van der Waals surface area contributed by atoms with E-state index < -0.39 is 39.0 Å². The van der Waals surface area contributed by atoms with E-state index in [1.54, 1.807) is 36.4 Å². The molecule has 3 aromatic carbocycles. The zero-order valence-corrected chi connectivity index (χ0v) is 25.7. The zero-order chi connectivity index (χ0) is 32.1. The Morgan fingerprint density at radius 2 is 1.69 bits per heavy atom. The summed E-state index contributed by atoms with van der Waals surface area (Å²) in [4.78, 5) is 45.4. The van der Waals surface area contributed by atoms with Gasteiger partial charge in [-0.1, -0.05) is 48.5 Å². The van der Waals surface area contributed by atoms with Crippen molar-refractivity contribution in [2.75, 3.05) is 37.3 Å². The topological polar surface area (TPSA) is 167 Å². The number of hydrogen-bond acceptors (Lipinski definition) is 11. The summed E-state index contributed by atoms with van der Waals surface area (Å²) in [5, 5.41) is 0. The number of hydrazine groups is 1. The van der Waals surface area contributed by atoms with Gasteiger partial charge in [-0.15, -0.1) is 0 Å². The number of Topliss-reactive ketones (excluding diaryl/α,β-unsaturated/α-hetero) is 1. The number of piperidine rings is 1. The highest BCUT2D eigenvalue weighted by Gasteiger charge is 2.71. The molecule has 2 atom stereocenters. The summed E-state index contributed by atoms with van der Waals surface area (Å²) in [6, 6.07) is 17.0. The Labute approximate surface area is 259 Å². The molecule has 3 heterocycles. The van der Waals surface area contributed by atoms with Gasteiger partial charge in [0, 0.05) is 24.9 Å². The fraction of sp³-hybridized carbons (Fsp3) is 0.323. The number of carbonyl (C=O) groups excluding carboxylic acids is 3. The van der Waals surface area contributed by atoms with Crippen LogP contribution >= 0.6 is 0 Å². The molecule has 236 valence electrons. The summed E-state index contributed by atoms with van der Waals surface area (Å²) in [5.41, 5.74) is 1.10. The van der Waals surface area contributed by atoms with E-state index in [1.807, 2.05) is 18.2 Å². The Morgan fingerprint density at radius 1 is 0.956 bits per heavy atom. The number of methoxy groups -OCH3 is 2. The normalized spacial score (nSPS) is 22.0. The molecule has 45 heavy (non-hydrogen) atoms. The molecule has 0 unspecified atom stereocenters. The molecule has 2 fully saturated rings. The standard InChI is InChI=1S/C31H32N4O9S/c1-41-26-21(12-13-22(33-32)27(26)42-2)30-16-17-34(29(38)43-18-19-8-5-4-6-9-19)31(28(30)37)15-14-24(36)35(31)25-20(30)10-7-11-23(25)44-45(3,39)40/h4-13,33H,14-18,32H2,1-3H3/t30-,31-/m1/s1. The quantitative estimate of drug-likeness (QED) is 0.212. The first kappa shape index (κ1) is 30.2. The van der Waals surface area contributed by atoms with Gasteiger partial charge in [-0.3, -0.25) is 25.2 Å². The van der Waals surface area contributed by atoms with Gasteiger partial charge in [-0.25, -0.2) is 4.79 Å². The lowest BCUT2D eigenvalue weighted by Gasteiger charge is -2.58. The number of ether oxygens (including phenoxy) is 3. The molecule has 13 nitrogen and oxygen atoms in total. The van der Waals surface area contributed by atoms with Crippen LogP contribution in [0.4, 0.5) is 16.2 Å². The Bertz CT molecular complexity index is 1820. The fourth-order valence-corrected chi connectivity index (χ4v) is 7.44. The molecule has 3 aromatic rings. The number of nitrogens with one attached hydrogen (secondary N) is 1. The predicted octanol–water partition coefficient (Wildman–Crippen LogP) is 3.06. The van der Waals surface area contributed by atoms with Crippen molar-refractivity contribution in [2.45, 2.75) is 36.9 Å². The second-order valence-electron chi connectivity index (χ2n) is 11.0. The minimum atomic E-state index is -4.08. The van der Waals surface area contributed by atoms with Gasteiger partial charge in [0.2, 0.25) is 5.91 Å². The lowest BCUT2D eigenvalue weighted by Crippen LogP contribution is -2.75. The second-order valence-corrected chi connectivity index (χ2v) is 12.6. The zero-order valence-electron chi connectivity index (χ0n) is 24.9. The summed E-state index contributed by atoms with van der Waals surface area (Å²) in [6.45, 7) is -0.0424. The van der Waals surface area contributed by atoms with Crippen molar-refractivity contribution < 1.29 is 41.2 Å². The van der Waals surface area contributed by atoms with Crippen molar-refractivity contribution in [3.8, 4) is 17.2 Å². The first-order chi connectivity index (χ1) is 21.5. The van der Waals surface area contributed by atoms with Gasteiger partial charge in [-0.05, 0) is 29.7 Å². The predicted molar refractivity (Wildman–Crippen MR) is 162 cm³/mol. The summed E-state index contributed by atoms with van der Waals surface area (Å²) < 4.78 is 47.5. The molecule has 6 rings (SSSR count). The fourth-order valence-electron chi connectivity index (χ4n) is 6.98. The van der Waals surface area contributed by atoms with Gasteiger partial charge in [-0.2, -0.15) is 8.42 Å². The van der Waals surface area contributed by atoms with Crippen LogP contribution < -0.4 is 29.8 Å². The summed E-state index contributed by atoms with van der Waals surface area (Å²) in [7, 11) is -1.22. The van der Waals surface area contributed by atoms with E-state index in [2.05, 4.69) is 5.43 Å². The van der Waals surface area contributed by atoms with Crippen molar-refractivity contribution in [1.29, 1.82) is 0 Å². The molecular formula is C31H32N4O9S. The van der Waals surface area contributed by atoms with E-state index in [0.29, 0.717) is 16.8 Å². The van der Waals surface area contributed by atoms with Gasteiger partial charge in [0.1, 0.15) is 6.61 Å². The lowest BCUT2D eigenvalue weighted by molar-refractivity contribution is -0.141. The minimum Gasteiger partial charge on any atom is -0.492 e. The highest BCUT2D eigenvalue weighted by molar-refractivity contribution is 7.86. The Kier molecular flexibility index (Phi) is 7.36. The molecule has 0 saturated carbocycles. The number of fused-ring (bicyclic) bond motifs is 4. The molecule has 2 bridgehead atoms. The van der Waals surface area contributed by atoms with Crippen molar-refractivity contribution >= 4 is 39.3 Å². The maximum absolute atomic E-state index is 15.3. The summed E-state index contributed by atoms with van der Waals surface area (Å²) in [5.74, 6) is 5.07. The summed E-state index contributed by atoms with van der Waals surface area (Å²) >= 11 is 0. The van der Waals surface area contributed by atoms with Crippen LogP contribution in [0.3, 0.4) is 0 Å². The van der Waals surface area contributed by atoms with Crippen LogP contribution in [-0.2, 0) is 36.5 Å². The van der Waals surface area contributed by atoms with Gasteiger partial charge < -0.3 is 23.8 Å². The average molecular weight is 637 g/mol. The Balaban J connectivity index is 1.61. The number of benzene rings is 3. The molecule has 14 heteroatoms. The third-order valence-electron chi connectivity index (χ3n) is 8.70. The smallest absolute Gasteiger partial charge is 0.412 e. The van der Waals surface area contributed by atoms with Crippen LogP contribution in [0, 0.1) is 0 Å². The molecular weight excluding hydrogens is 604 g/mol. The Hall–Kier alpha value is -4.82. The number of nitrogens with two attached hydrogens (primary N) is 1. The van der Waals surface area contributed by atoms with E-state index in [0.717, 1.165) is 11.8 Å². The van der Waals surface area contributed by atoms with Gasteiger partial charge in [0.25, 0.3) is 0 Å². The first-order valence-electron chi connectivity index (χ1n) is 14.1. The highest BCUT2D eigenvalue weighted by Crippen LogP contribution is 2.61. The average Bonchev–Trinajstić information content (AvgIpc) is 3.36. The second kappa shape index (κ2) is 11.0. The maximum atomic E-state index is 15.3. The molecule has 0 radical (unpaired) electrons. The third-order valence-corrected chi connectivity index (χ3v) is 9.18. The van der Waals surface area contributed by atoms with Crippen LogP contribution in [0.1, 0.15) is 36.0 Å². The van der Waals surface area contributed by atoms with Crippen molar-refractivity contribution in [3.05, 3.63) is 77.4 Å². The first-order valence-corrected chi connectivity index (χ1v) is 16.0. The van der Waals surface area contributed by atoms with Crippen molar-refractivity contribution in [2.24, 2.45) is 5.84 Å². The van der Waals surface area contributed by atoms with Gasteiger partial charge in [0.15, 0.2) is 28.7 Å². The molecule has 0 aliphatic carbocycles. The van der Waals surface area contributed by atoms with E-state index >= 15 is 4.79 Å². The van der Waals surface area contributed by atoms with Gasteiger partial charge >= 0.3 is 16.2 Å². The molecule has 2 amide bonds. The van der Waals surface area contributed by atoms with Crippen LogP contribution in [0.15, 0.2) is 60.7 Å². The van der Waals surface area contributed by atoms with E-state index in [-0.39, 0.29) is 55.4 Å². The number of anilines is 2. The third kappa shape index (κ3) is 4.46. The van der Waals surface area contributed by atoms with Crippen LogP contribution in [0.2, 0.25) is 0 Å². The van der Waals surface area contributed by atoms with Crippen molar-refractivity contribution in [3.63, 3.8) is 0 Å². The number of ketones is 1. The number of nitrogen functional groups attached to an aromatic ring is 1. The van der Waals surface area contributed by atoms with E-state index in [1.165, 1.54) is 30.1 Å². The molecule has 0 aromatic heterocycles. The number of amides is 2. The van der Waals surface area contributed by atoms with Crippen molar-refractivity contribution in [1.82, 2.24) is 4.90 Å². The molecule has 3 aliphatic rings. The minimum absolute atomic E-state index is 0.0160. The molecule has 1 spiro atoms. The monoisotopic (exact) mass is 636 g/mol. The SMILES string of the molecule is COc1c(NN)ccc([C@@]23CCN(C(=O)OCc4ccccc4)[C@@]4(CCC(=O)N4c4c(OS(C)(=O)=O)cccc42)C3=O)c1OC. The lowest BCUT2D eigenvalue weighted by atomic mass is 9.59.